The number of carbonyl (C=O) groups is 1. The van der Waals surface area contributed by atoms with E-state index in [-0.39, 0.29) is 11.5 Å². The summed E-state index contributed by atoms with van der Waals surface area (Å²) in [6.07, 6.45) is -0.852. The first-order chi connectivity index (χ1) is 16.8. The van der Waals surface area contributed by atoms with Gasteiger partial charge in [-0.1, -0.05) is 11.6 Å². The number of nitrogens with zero attached hydrogens (tertiary/aromatic N) is 2. The number of halogens is 5. The molecule has 1 atom stereocenters. The number of nitriles is 2. The molecule has 0 amide bonds. The maximum absolute atomic E-state index is 10.5. The number of hydrogen-bond donors (Lipinski definition) is 3. The van der Waals surface area contributed by atoms with Crippen LogP contribution < -0.4 is 4.74 Å². The molecule has 0 spiro atoms. The summed E-state index contributed by atoms with van der Waals surface area (Å²) in [5.74, 6) is -0.0714. The second kappa shape index (κ2) is 15.5. The van der Waals surface area contributed by atoms with Crippen molar-refractivity contribution in [2.24, 2.45) is 0 Å². The van der Waals surface area contributed by atoms with Crippen LogP contribution in [0.15, 0.2) is 51.4 Å². The SMILES string of the molecule is Cc1cc(Cl)ccc1OC(C)C(=O)O.N#Cc1cc(Br)c(O)c(Br)c1.N#Cc1cc(I)c(O)c(I)c1. The first-order valence-electron chi connectivity index (χ1n) is 9.62. The lowest BCUT2D eigenvalue weighted by Crippen LogP contribution is -2.23. The molecule has 0 radical (unpaired) electrons. The predicted molar refractivity (Wildman–Crippen MR) is 160 cm³/mol. The molecule has 0 saturated heterocycles. The van der Waals surface area contributed by atoms with Crippen LogP contribution in [0.2, 0.25) is 5.02 Å². The summed E-state index contributed by atoms with van der Waals surface area (Å²) >= 11 is 15.9. The number of carboxylic acids is 1. The first kappa shape index (κ1) is 32.2. The Morgan fingerprint density at radius 2 is 1.44 bits per heavy atom. The lowest BCUT2D eigenvalue weighted by atomic mass is 10.2. The third-order valence-corrected chi connectivity index (χ3v) is 7.17. The molecule has 3 rings (SSSR count). The first-order valence-corrected chi connectivity index (χ1v) is 13.7. The summed E-state index contributed by atoms with van der Waals surface area (Å²) in [7, 11) is 0. The fourth-order valence-electron chi connectivity index (χ4n) is 2.25. The number of rotatable bonds is 3. The van der Waals surface area contributed by atoms with Crippen molar-refractivity contribution in [3.05, 3.63) is 80.3 Å². The highest BCUT2D eigenvalue weighted by Crippen LogP contribution is 2.33. The quantitative estimate of drug-likeness (QED) is 0.229. The molecular weight excluding hydrogens is 845 g/mol. The molecule has 1 unspecified atom stereocenters. The van der Waals surface area contributed by atoms with Gasteiger partial charge in [-0.25, -0.2) is 4.79 Å². The van der Waals surface area contributed by atoms with E-state index in [0.717, 1.165) is 5.56 Å². The van der Waals surface area contributed by atoms with E-state index in [9.17, 15) is 15.0 Å². The number of aromatic hydroxyl groups is 2. The molecule has 7 nitrogen and oxygen atoms in total. The molecule has 0 fully saturated rings. The van der Waals surface area contributed by atoms with Gasteiger partial charge in [0.2, 0.25) is 0 Å². The highest BCUT2D eigenvalue weighted by atomic mass is 127. The fourth-order valence-corrected chi connectivity index (χ4v) is 5.43. The van der Waals surface area contributed by atoms with Crippen LogP contribution in [-0.2, 0) is 4.79 Å². The Kier molecular flexibility index (Phi) is 13.9. The van der Waals surface area contributed by atoms with Crippen molar-refractivity contribution < 1.29 is 24.9 Å². The Morgan fingerprint density at radius 3 is 1.86 bits per heavy atom. The Balaban J connectivity index is 0.000000273. The van der Waals surface area contributed by atoms with Crippen molar-refractivity contribution in [2.45, 2.75) is 20.0 Å². The normalized spacial score (nSPS) is 10.4. The van der Waals surface area contributed by atoms with Gasteiger partial charge < -0.3 is 20.1 Å². The number of aliphatic carboxylic acids is 1. The lowest BCUT2D eigenvalue weighted by molar-refractivity contribution is -0.144. The largest absolute Gasteiger partial charge is 0.506 e. The van der Waals surface area contributed by atoms with Gasteiger partial charge in [-0.05, 0) is 139 Å². The van der Waals surface area contributed by atoms with Crippen molar-refractivity contribution in [2.75, 3.05) is 0 Å². The zero-order valence-corrected chi connectivity index (χ0v) is 26.8. The fraction of sp³-hybridized carbons (Fsp3) is 0.125. The van der Waals surface area contributed by atoms with E-state index < -0.39 is 12.1 Å². The highest BCUT2D eigenvalue weighted by Gasteiger charge is 2.13. The average molecular weight is 862 g/mol. The van der Waals surface area contributed by atoms with Crippen LogP contribution in [-0.4, -0.2) is 27.4 Å². The minimum absolute atomic E-state index is 0.115. The maximum atomic E-state index is 10.5. The summed E-state index contributed by atoms with van der Waals surface area (Å²) in [4.78, 5) is 10.5. The van der Waals surface area contributed by atoms with Gasteiger partial charge in [-0.15, -0.1) is 0 Å². The molecule has 0 heterocycles. The zero-order chi connectivity index (χ0) is 27.6. The molecule has 0 aliphatic heterocycles. The van der Waals surface area contributed by atoms with Gasteiger partial charge in [0, 0.05) is 5.02 Å². The van der Waals surface area contributed by atoms with Crippen molar-refractivity contribution >= 4 is 94.6 Å². The zero-order valence-electron chi connectivity index (χ0n) is 18.6. The number of phenols is 2. The smallest absolute Gasteiger partial charge is 0.344 e. The maximum Gasteiger partial charge on any atom is 0.344 e. The summed E-state index contributed by atoms with van der Waals surface area (Å²) in [5, 5.41) is 44.8. The standard InChI is InChI=1S/C10H11ClO3.C7H3Br2NO.C7H3I2NO/c1-6-5-8(11)3-4-9(6)14-7(2)10(12)13;2*8-5-1-4(3-10)2-6(9)7(5)11/h3-5,7H,1-2H3,(H,12,13);2*1-2,11H. The van der Waals surface area contributed by atoms with E-state index in [1.165, 1.54) is 6.92 Å². The van der Waals surface area contributed by atoms with Crippen molar-refractivity contribution in [1.82, 2.24) is 0 Å². The van der Waals surface area contributed by atoms with E-state index >= 15 is 0 Å². The monoisotopic (exact) mass is 860 g/mol. The van der Waals surface area contributed by atoms with Crippen molar-refractivity contribution in [1.29, 1.82) is 10.5 Å². The summed E-state index contributed by atoms with van der Waals surface area (Å²) in [5.41, 5.74) is 1.91. The van der Waals surface area contributed by atoms with Crippen LogP contribution in [0.4, 0.5) is 0 Å². The summed E-state index contributed by atoms with van der Waals surface area (Å²) in [6.45, 7) is 3.30. The topological polar surface area (TPSA) is 135 Å². The average Bonchev–Trinajstić information content (AvgIpc) is 2.82. The number of aryl methyl sites for hydroxylation is 1. The number of hydrogen-bond acceptors (Lipinski definition) is 6. The van der Waals surface area contributed by atoms with Gasteiger partial charge in [0.05, 0.1) is 39.4 Å². The molecule has 36 heavy (non-hydrogen) atoms. The van der Waals surface area contributed by atoms with Crippen LogP contribution in [0.25, 0.3) is 0 Å². The lowest BCUT2D eigenvalue weighted by Gasteiger charge is -2.12. The number of phenolic OH excluding ortho intramolecular Hbond substituents is 2. The van der Waals surface area contributed by atoms with Crippen LogP contribution in [0.1, 0.15) is 23.6 Å². The Bertz CT molecular complexity index is 1230. The molecule has 0 bridgehead atoms. The van der Waals surface area contributed by atoms with Gasteiger partial charge in [-0.2, -0.15) is 10.5 Å². The van der Waals surface area contributed by atoms with Gasteiger partial charge in [-0.3, -0.25) is 0 Å². The Morgan fingerprint density at radius 1 is 0.972 bits per heavy atom. The second-order valence-electron chi connectivity index (χ2n) is 6.81. The molecule has 0 aliphatic rings. The molecule has 0 aliphatic carbocycles. The van der Waals surface area contributed by atoms with Crippen LogP contribution in [0.5, 0.6) is 17.2 Å². The van der Waals surface area contributed by atoms with Gasteiger partial charge in [0.15, 0.2) is 6.10 Å². The summed E-state index contributed by atoms with van der Waals surface area (Å²) in [6, 6.07) is 15.4. The predicted octanol–water partition coefficient (Wildman–Crippen LogP) is 7.76. The van der Waals surface area contributed by atoms with Gasteiger partial charge in [0.25, 0.3) is 0 Å². The molecule has 3 aromatic rings. The second-order valence-corrected chi connectivity index (χ2v) is 11.3. The highest BCUT2D eigenvalue weighted by molar-refractivity contribution is 14.1. The Hall–Kier alpha value is -1.78. The molecular formula is C24H17Br2ClI2N2O5. The third-order valence-electron chi connectivity index (χ3n) is 4.08. The van der Waals surface area contributed by atoms with E-state index in [2.05, 4.69) is 31.9 Å². The van der Waals surface area contributed by atoms with E-state index in [1.54, 1.807) is 42.5 Å². The van der Waals surface area contributed by atoms with Gasteiger partial charge >= 0.3 is 5.97 Å². The van der Waals surface area contributed by atoms with Crippen molar-refractivity contribution in [3.63, 3.8) is 0 Å². The van der Waals surface area contributed by atoms with E-state index in [4.69, 9.17) is 32.0 Å². The van der Waals surface area contributed by atoms with E-state index in [0.29, 0.717) is 38.0 Å². The van der Waals surface area contributed by atoms with Crippen LogP contribution in [0, 0.1) is 36.7 Å². The molecule has 3 aromatic carbocycles. The van der Waals surface area contributed by atoms with Crippen molar-refractivity contribution in [3.8, 4) is 29.4 Å². The van der Waals surface area contributed by atoms with Crippen LogP contribution >= 0.6 is 88.6 Å². The minimum Gasteiger partial charge on any atom is -0.506 e. The third kappa shape index (κ3) is 10.3. The number of carboxylic acid groups (broad SMARTS) is 1. The molecule has 188 valence electrons. The summed E-state index contributed by atoms with van der Waals surface area (Å²) < 4.78 is 7.67. The van der Waals surface area contributed by atoms with Crippen LogP contribution in [0.3, 0.4) is 0 Å². The molecule has 12 heteroatoms. The molecule has 0 saturated carbocycles. The molecule has 3 N–H and O–H groups in total. The minimum atomic E-state index is -0.987. The molecule has 0 aromatic heterocycles. The number of ether oxygens (including phenoxy) is 1. The van der Waals surface area contributed by atoms with E-state index in [1.807, 2.05) is 64.2 Å². The number of benzene rings is 3. The van der Waals surface area contributed by atoms with Gasteiger partial charge in [0.1, 0.15) is 17.2 Å². The Labute approximate surface area is 257 Å².